The summed E-state index contributed by atoms with van der Waals surface area (Å²) in [5, 5.41) is 3.12. The molecule has 1 aromatic heterocycles. The van der Waals surface area contributed by atoms with Gasteiger partial charge in [-0.3, -0.25) is 14.6 Å². The number of nitrogens with zero attached hydrogens (tertiary/aromatic N) is 3. The summed E-state index contributed by atoms with van der Waals surface area (Å²) in [6.07, 6.45) is 8.29. The number of nitrogens with one attached hydrogen (secondary N) is 1. The molecule has 4 rings (SSSR count). The van der Waals surface area contributed by atoms with Crippen molar-refractivity contribution in [3.05, 3.63) is 59.9 Å². The normalized spacial score (nSPS) is 19.2. The second-order valence-corrected chi connectivity index (χ2v) is 9.10. The lowest BCUT2D eigenvalue weighted by Crippen LogP contribution is -2.40. The summed E-state index contributed by atoms with van der Waals surface area (Å²) in [6.45, 7) is 2.18. The van der Waals surface area contributed by atoms with Gasteiger partial charge >= 0.3 is 0 Å². The van der Waals surface area contributed by atoms with Gasteiger partial charge in [-0.15, -0.1) is 0 Å². The van der Waals surface area contributed by atoms with E-state index in [0.29, 0.717) is 6.54 Å². The summed E-state index contributed by atoms with van der Waals surface area (Å²) in [5.74, 6) is 0.400. The predicted molar refractivity (Wildman–Crippen MR) is 122 cm³/mol. The van der Waals surface area contributed by atoms with Crippen molar-refractivity contribution in [2.75, 3.05) is 38.6 Å². The summed E-state index contributed by atoms with van der Waals surface area (Å²) in [6, 6.07) is 11.8. The molecule has 0 unspecified atom stereocenters. The molecule has 6 nitrogen and oxygen atoms in total. The third-order valence-corrected chi connectivity index (χ3v) is 6.87. The first-order valence-corrected chi connectivity index (χ1v) is 11.2. The molecule has 1 aliphatic carbocycles. The summed E-state index contributed by atoms with van der Waals surface area (Å²) in [7, 11) is 3.98. The fourth-order valence-corrected chi connectivity index (χ4v) is 4.69. The van der Waals surface area contributed by atoms with E-state index >= 15 is 0 Å². The lowest BCUT2D eigenvalue weighted by molar-refractivity contribution is -0.123. The second-order valence-electron chi connectivity index (χ2n) is 9.10. The van der Waals surface area contributed by atoms with Gasteiger partial charge in [-0.1, -0.05) is 0 Å². The van der Waals surface area contributed by atoms with Crippen LogP contribution in [-0.4, -0.2) is 55.4 Å². The number of carbonyl (C=O) groups excluding carboxylic acids is 2. The number of rotatable bonds is 7. The average Bonchev–Trinajstić information content (AvgIpc) is 3.50. The van der Waals surface area contributed by atoms with Gasteiger partial charge in [-0.2, -0.15) is 0 Å². The number of hydrogen-bond acceptors (Lipinski definition) is 4. The number of anilines is 1. The van der Waals surface area contributed by atoms with Crippen molar-refractivity contribution in [2.24, 2.45) is 11.3 Å². The standard InChI is InChI=1S/C25H32N4O2/c1-28(2)21-7-5-20(6-8-21)24(31)29-16-11-25(12-17-29)18-22(25)23(30)27-13-3-4-19-9-14-26-15-10-19/h5-10,14-15,22H,3-4,11-13,16-18H2,1-2H3,(H,27,30)/t22-/m1/s1. The highest BCUT2D eigenvalue weighted by atomic mass is 16.2. The molecule has 2 aromatic rings. The van der Waals surface area contributed by atoms with Crippen LogP contribution in [0.2, 0.25) is 0 Å². The van der Waals surface area contributed by atoms with Crippen molar-refractivity contribution in [1.82, 2.24) is 15.2 Å². The molecule has 6 heteroatoms. The van der Waals surface area contributed by atoms with Crippen LogP contribution in [0.5, 0.6) is 0 Å². The summed E-state index contributed by atoms with van der Waals surface area (Å²) in [4.78, 5) is 33.5. The molecule has 0 bridgehead atoms. The molecule has 2 heterocycles. The van der Waals surface area contributed by atoms with Crippen molar-refractivity contribution in [3.63, 3.8) is 0 Å². The number of amides is 2. The molecule has 0 radical (unpaired) electrons. The van der Waals surface area contributed by atoms with Gasteiger partial charge in [0.2, 0.25) is 5.91 Å². The number of aryl methyl sites for hydroxylation is 1. The number of hydrogen-bond donors (Lipinski definition) is 1. The highest BCUT2D eigenvalue weighted by molar-refractivity contribution is 5.94. The fourth-order valence-electron chi connectivity index (χ4n) is 4.69. The Morgan fingerprint density at radius 3 is 2.42 bits per heavy atom. The predicted octanol–water partition coefficient (Wildman–Crippen LogP) is 3.14. The number of carbonyl (C=O) groups is 2. The lowest BCUT2D eigenvalue weighted by Gasteiger charge is -2.33. The van der Waals surface area contributed by atoms with E-state index in [4.69, 9.17) is 0 Å². The van der Waals surface area contributed by atoms with Gasteiger partial charge in [0.15, 0.2) is 0 Å². The number of pyridine rings is 1. The highest BCUT2D eigenvalue weighted by Gasteiger charge is 2.58. The fraction of sp³-hybridized carbons (Fsp3) is 0.480. The molecule has 1 saturated carbocycles. The zero-order chi connectivity index (χ0) is 21.8. The molecule has 2 fully saturated rings. The van der Waals surface area contributed by atoms with E-state index in [2.05, 4.69) is 10.3 Å². The van der Waals surface area contributed by atoms with Gasteiger partial charge < -0.3 is 15.1 Å². The van der Waals surface area contributed by atoms with E-state index in [1.54, 1.807) is 12.4 Å². The maximum atomic E-state index is 12.8. The first-order valence-electron chi connectivity index (χ1n) is 11.2. The molecule has 1 saturated heterocycles. The lowest BCUT2D eigenvalue weighted by atomic mass is 9.90. The van der Waals surface area contributed by atoms with Gasteiger partial charge in [0.25, 0.3) is 5.91 Å². The zero-order valence-electron chi connectivity index (χ0n) is 18.5. The molecule has 1 aromatic carbocycles. The minimum absolute atomic E-state index is 0.0953. The molecule has 2 amide bonds. The van der Waals surface area contributed by atoms with Gasteiger partial charge in [0.05, 0.1) is 0 Å². The molecule has 164 valence electrons. The average molecular weight is 421 g/mol. The Hall–Kier alpha value is -2.89. The molecule has 1 spiro atoms. The maximum Gasteiger partial charge on any atom is 0.253 e. The van der Waals surface area contributed by atoms with Crippen LogP contribution in [0.4, 0.5) is 5.69 Å². The largest absolute Gasteiger partial charge is 0.378 e. The maximum absolute atomic E-state index is 12.8. The van der Waals surface area contributed by atoms with E-state index in [-0.39, 0.29) is 23.1 Å². The Bertz CT molecular complexity index is 903. The van der Waals surface area contributed by atoms with Crippen molar-refractivity contribution >= 4 is 17.5 Å². The Labute approximate surface area is 184 Å². The first kappa shape index (κ1) is 21.3. The zero-order valence-corrected chi connectivity index (χ0v) is 18.5. The smallest absolute Gasteiger partial charge is 0.253 e. The van der Waals surface area contributed by atoms with E-state index in [1.165, 1.54) is 5.56 Å². The minimum Gasteiger partial charge on any atom is -0.378 e. The molecule has 2 aliphatic rings. The van der Waals surface area contributed by atoms with E-state index < -0.39 is 0 Å². The Morgan fingerprint density at radius 1 is 1.10 bits per heavy atom. The summed E-state index contributed by atoms with van der Waals surface area (Å²) in [5.41, 5.74) is 3.18. The first-order chi connectivity index (χ1) is 15.0. The molecule has 1 aliphatic heterocycles. The Balaban J connectivity index is 1.21. The van der Waals surface area contributed by atoms with Crippen LogP contribution in [0, 0.1) is 11.3 Å². The van der Waals surface area contributed by atoms with Crippen molar-refractivity contribution < 1.29 is 9.59 Å². The van der Waals surface area contributed by atoms with Crippen LogP contribution in [0.3, 0.4) is 0 Å². The van der Waals surface area contributed by atoms with Crippen LogP contribution in [0.25, 0.3) is 0 Å². The number of aromatic nitrogens is 1. The second kappa shape index (κ2) is 9.08. The monoisotopic (exact) mass is 420 g/mol. The quantitative estimate of drug-likeness (QED) is 0.699. The molecular formula is C25H32N4O2. The van der Waals surface area contributed by atoms with E-state index in [0.717, 1.165) is 56.4 Å². The number of likely N-dealkylation sites (tertiary alicyclic amines) is 1. The third kappa shape index (κ3) is 4.89. The number of benzene rings is 1. The van der Waals surface area contributed by atoms with E-state index in [1.807, 2.05) is 60.3 Å². The summed E-state index contributed by atoms with van der Waals surface area (Å²) < 4.78 is 0. The van der Waals surface area contributed by atoms with E-state index in [9.17, 15) is 9.59 Å². The van der Waals surface area contributed by atoms with Crippen LogP contribution in [0.1, 0.15) is 41.6 Å². The number of piperidine rings is 1. The Kier molecular flexibility index (Phi) is 6.25. The Morgan fingerprint density at radius 2 is 1.77 bits per heavy atom. The third-order valence-electron chi connectivity index (χ3n) is 6.87. The van der Waals surface area contributed by atoms with Crippen molar-refractivity contribution in [1.29, 1.82) is 0 Å². The SMILES string of the molecule is CN(C)c1ccc(C(=O)N2CCC3(CC2)C[C@@H]3C(=O)NCCCc2ccncc2)cc1. The van der Waals surface area contributed by atoms with Gasteiger partial charge in [0.1, 0.15) is 0 Å². The van der Waals surface area contributed by atoms with Gasteiger partial charge in [-0.05, 0) is 79.5 Å². The highest BCUT2D eigenvalue weighted by Crippen LogP contribution is 2.59. The van der Waals surface area contributed by atoms with Crippen LogP contribution in [0.15, 0.2) is 48.8 Å². The molecular weight excluding hydrogens is 388 g/mol. The summed E-state index contributed by atoms with van der Waals surface area (Å²) >= 11 is 0. The van der Waals surface area contributed by atoms with Crippen molar-refractivity contribution in [3.8, 4) is 0 Å². The van der Waals surface area contributed by atoms with Crippen LogP contribution >= 0.6 is 0 Å². The van der Waals surface area contributed by atoms with Crippen molar-refractivity contribution in [2.45, 2.75) is 32.1 Å². The van der Waals surface area contributed by atoms with Crippen LogP contribution in [-0.2, 0) is 11.2 Å². The van der Waals surface area contributed by atoms with Gasteiger partial charge in [0, 0.05) is 63.3 Å². The molecule has 1 atom stereocenters. The van der Waals surface area contributed by atoms with Gasteiger partial charge in [-0.25, -0.2) is 0 Å². The van der Waals surface area contributed by atoms with Crippen LogP contribution < -0.4 is 10.2 Å². The minimum atomic E-state index is 0.0953. The molecule has 1 N–H and O–H groups in total. The topological polar surface area (TPSA) is 65.5 Å². The molecule has 31 heavy (non-hydrogen) atoms.